The minimum Gasteiger partial charge on any atom is -0.330 e. The lowest BCUT2D eigenvalue weighted by Crippen LogP contribution is -2.40. The van der Waals surface area contributed by atoms with E-state index in [1.807, 2.05) is 0 Å². The largest absolute Gasteiger partial charge is 0.330 e. The SMILES string of the molecule is CCC1SCC(=O)N1CCC1CCCCN1. The summed E-state index contributed by atoms with van der Waals surface area (Å²) in [5.41, 5.74) is 0. The molecule has 0 aromatic heterocycles. The molecule has 0 aromatic rings. The van der Waals surface area contributed by atoms with Gasteiger partial charge < -0.3 is 10.2 Å². The van der Waals surface area contributed by atoms with Crippen molar-refractivity contribution < 1.29 is 4.79 Å². The minimum absolute atomic E-state index is 0.340. The third kappa shape index (κ3) is 2.92. The lowest BCUT2D eigenvalue weighted by Gasteiger charge is -2.28. The smallest absolute Gasteiger partial charge is 0.233 e. The maximum atomic E-state index is 11.7. The average Bonchev–Trinajstić information content (AvgIpc) is 2.69. The summed E-state index contributed by atoms with van der Waals surface area (Å²) in [6.45, 7) is 4.27. The van der Waals surface area contributed by atoms with Gasteiger partial charge in [0.15, 0.2) is 0 Å². The Labute approximate surface area is 102 Å². The van der Waals surface area contributed by atoms with Crippen LogP contribution in [0.1, 0.15) is 39.0 Å². The summed E-state index contributed by atoms with van der Waals surface area (Å²) in [6.07, 6.45) is 6.15. The summed E-state index contributed by atoms with van der Waals surface area (Å²) >= 11 is 1.80. The lowest BCUT2D eigenvalue weighted by molar-refractivity contribution is -0.128. The van der Waals surface area contributed by atoms with Crippen LogP contribution in [0.5, 0.6) is 0 Å². The second-order valence-electron chi connectivity index (χ2n) is 4.70. The van der Waals surface area contributed by atoms with E-state index in [4.69, 9.17) is 0 Å². The van der Waals surface area contributed by atoms with Crippen molar-refractivity contribution in [3.05, 3.63) is 0 Å². The van der Waals surface area contributed by atoms with E-state index in [9.17, 15) is 4.79 Å². The molecule has 0 bridgehead atoms. The normalized spacial score (nSPS) is 31.1. The first-order chi connectivity index (χ1) is 7.81. The maximum Gasteiger partial charge on any atom is 0.233 e. The lowest BCUT2D eigenvalue weighted by atomic mass is 10.0. The number of hydrogen-bond donors (Lipinski definition) is 1. The van der Waals surface area contributed by atoms with Gasteiger partial charge in [0.25, 0.3) is 0 Å². The number of thioether (sulfide) groups is 1. The Morgan fingerprint density at radius 1 is 1.50 bits per heavy atom. The van der Waals surface area contributed by atoms with Gasteiger partial charge in [0.1, 0.15) is 0 Å². The van der Waals surface area contributed by atoms with Crippen molar-refractivity contribution in [1.82, 2.24) is 10.2 Å². The molecule has 0 spiro atoms. The first-order valence-corrected chi connectivity index (χ1v) is 7.50. The second-order valence-corrected chi connectivity index (χ2v) is 5.86. The molecule has 2 rings (SSSR count). The Kier molecular flexibility index (Phi) is 4.53. The zero-order valence-corrected chi connectivity index (χ0v) is 10.9. The highest BCUT2D eigenvalue weighted by atomic mass is 32.2. The highest BCUT2D eigenvalue weighted by Gasteiger charge is 2.30. The van der Waals surface area contributed by atoms with E-state index >= 15 is 0 Å². The molecule has 16 heavy (non-hydrogen) atoms. The van der Waals surface area contributed by atoms with Gasteiger partial charge in [-0.2, -0.15) is 0 Å². The summed E-state index contributed by atoms with van der Waals surface area (Å²) < 4.78 is 0. The molecule has 2 unspecified atom stereocenters. The van der Waals surface area contributed by atoms with Crippen molar-refractivity contribution in [3.8, 4) is 0 Å². The molecule has 3 nitrogen and oxygen atoms in total. The van der Waals surface area contributed by atoms with Gasteiger partial charge in [-0.25, -0.2) is 0 Å². The predicted molar refractivity (Wildman–Crippen MR) is 68.5 cm³/mol. The Morgan fingerprint density at radius 3 is 3.06 bits per heavy atom. The van der Waals surface area contributed by atoms with Gasteiger partial charge in [0.2, 0.25) is 5.91 Å². The molecule has 0 radical (unpaired) electrons. The highest BCUT2D eigenvalue weighted by molar-refractivity contribution is 8.00. The van der Waals surface area contributed by atoms with Crippen LogP contribution in [0.3, 0.4) is 0 Å². The predicted octanol–water partition coefficient (Wildman–Crippen LogP) is 1.83. The fourth-order valence-corrected chi connectivity index (χ4v) is 3.71. The number of nitrogens with zero attached hydrogens (tertiary/aromatic N) is 1. The number of piperidine rings is 1. The Balaban J connectivity index is 1.77. The van der Waals surface area contributed by atoms with Crippen LogP contribution in [0.15, 0.2) is 0 Å². The second kappa shape index (κ2) is 5.92. The van der Waals surface area contributed by atoms with E-state index in [0.29, 0.717) is 23.1 Å². The quantitative estimate of drug-likeness (QED) is 0.816. The van der Waals surface area contributed by atoms with E-state index in [-0.39, 0.29) is 0 Å². The third-order valence-electron chi connectivity index (χ3n) is 3.55. The number of hydrogen-bond acceptors (Lipinski definition) is 3. The Morgan fingerprint density at radius 2 is 2.38 bits per heavy atom. The standard InChI is InChI=1S/C12H22N2OS/c1-2-12-14(11(15)9-16-12)8-6-10-5-3-4-7-13-10/h10,12-13H,2-9H2,1H3. The minimum atomic E-state index is 0.340. The third-order valence-corrected chi connectivity index (χ3v) is 4.93. The van der Waals surface area contributed by atoms with Crippen LogP contribution in [-0.4, -0.2) is 41.1 Å². The summed E-state index contributed by atoms with van der Waals surface area (Å²) in [5.74, 6) is 1.03. The van der Waals surface area contributed by atoms with Crippen molar-refractivity contribution in [1.29, 1.82) is 0 Å². The van der Waals surface area contributed by atoms with Crippen LogP contribution < -0.4 is 5.32 Å². The van der Waals surface area contributed by atoms with Crippen molar-refractivity contribution in [2.75, 3.05) is 18.8 Å². The molecule has 1 N–H and O–H groups in total. The zero-order chi connectivity index (χ0) is 11.4. The Hall–Kier alpha value is -0.220. The van der Waals surface area contributed by atoms with Crippen molar-refractivity contribution >= 4 is 17.7 Å². The molecular weight excluding hydrogens is 220 g/mol. The number of nitrogens with one attached hydrogen (secondary N) is 1. The van der Waals surface area contributed by atoms with Gasteiger partial charge in [0.05, 0.1) is 11.1 Å². The molecule has 2 heterocycles. The molecule has 0 aliphatic carbocycles. The topological polar surface area (TPSA) is 32.3 Å². The summed E-state index contributed by atoms with van der Waals surface area (Å²) in [4.78, 5) is 13.8. The van der Waals surface area contributed by atoms with E-state index in [0.717, 1.165) is 25.9 Å². The molecule has 2 aliphatic rings. The molecule has 2 aliphatic heterocycles. The van der Waals surface area contributed by atoms with Crippen molar-refractivity contribution in [2.24, 2.45) is 0 Å². The van der Waals surface area contributed by atoms with Crippen LogP contribution in [0.4, 0.5) is 0 Å². The van der Waals surface area contributed by atoms with Gasteiger partial charge in [-0.1, -0.05) is 13.3 Å². The van der Waals surface area contributed by atoms with Gasteiger partial charge in [-0.05, 0) is 32.2 Å². The summed E-state index contributed by atoms with van der Waals surface area (Å²) in [7, 11) is 0. The van der Waals surface area contributed by atoms with E-state index in [1.54, 1.807) is 11.8 Å². The molecule has 0 aromatic carbocycles. The van der Waals surface area contributed by atoms with Gasteiger partial charge >= 0.3 is 0 Å². The number of carbonyl (C=O) groups is 1. The fraction of sp³-hybridized carbons (Fsp3) is 0.917. The molecular formula is C12H22N2OS. The molecule has 4 heteroatoms. The monoisotopic (exact) mass is 242 g/mol. The molecule has 2 atom stereocenters. The number of rotatable bonds is 4. The van der Waals surface area contributed by atoms with Crippen LogP contribution in [0, 0.1) is 0 Å². The molecule has 2 fully saturated rings. The molecule has 0 saturated carbocycles. The van der Waals surface area contributed by atoms with Crippen molar-refractivity contribution in [3.63, 3.8) is 0 Å². The van der Waals surface area contributed by atoms with E-state index in [2.05, 4.69) is 17.1 Å². The van der Waals surface area contributed by atoms with Crippen LogP contribution in [0.2, 0.25) is 0 Å². The Bertz CT molecular complexity index is 241. The van der Waals surface area contributed by atoms with E-state index in [1.165, 1.54) is 19.3 Å². The molecule has 2 saturated heterocycles. The fourth-order valence-electron chi connectivity index (χ4n) is 2.57. The molecule has 1 amide bonds. The van der Waals surface area contributed by atoms with Crippen LogP contribution in [0.25, 0.3) is 0 Å². The zero-order valence-electron chi connectivity index (χ0n) is 10.1. The highest BCUT2D eigenvalue weighted by Crippen LogP contribution is 2.27. The van der Waals surface area contributed by atoms with Crippen molar-refractivity contribution in [2.45, 2.75) is 50.4 Å². The van der Waals surface area contributed by atoms with Gasteiger partial charge in [0, 0.05) is 12.6 Å². The van der Waals surface area contributed by atoms with E-state index < -0.39 is 0 Å². The summed E-state index contributed by atoms with van der Waals surface area (Å²) in [6, 6.07) is 0.643. The number of carbonyl (C=O) groups excluding carboxylic acids is 1. The first-order valence-electron chi connectivity index (χ1n) is 6.45. The molecule has 92 valence electrons. The maximum absolute atomic E-state index is 11.7. The van der Waals surface area contributed by atoms with Crippen LogP contribution in [-0.2, 0) is 4.79 Å². The van der Waals surface area contributed by atoms with Crippen LogP contribution >= 0.6 is 11.8 Å². The average molecular weight is 242 g/mol. The summed E-state index contributed by atoms with van der Waals surface area (Å²) in [5, 5.41) is 3.99. The van der Waals surface area contributed by atoms with Gasteiger partial charge in [-0.3, -0.25) is 4.79 Å². The number of amides is 1. The van der Waals surface area contributed by atoms with Gasteiger partial charge in [-0.15, -0.1) is 11.8 Å². The first kappa shape index (κ1) is 12.2.